The molecule has 0 radical (unpaired) electrons. The molecule has 0 heterocycles. The summed E-state index contributed by atoms with van der Waals surface area (Å²) in [6.07, 6.45) is 0. The van der Waals surface area contributed by atoms with Crippen LogP contribution in [0.5, 0.6) is 5.75 Å². The molecule has 0 saturated heterocycles. The largest absolute Gasteiger partial charge is 0.497 e. The lowest BCUT2D eigenvalue weighted by atomic mass is 10.2. The Balaban J connectivity index is 2.05. The predicted molar refractivity (Wildman–Crippen MR) is 79.5 cm³/mol. The van der Waals surface area contributed by atoms with E-state index in [0.29, 0.717) is 0 Å². The summed E-state index contributed by atoms with van der Waals surface area (Å²) < 4.78 is 6.20. The van der Waals surface area contributed by atoms with Crippen LogP contribution in [-0.4, -0.2) is 7.11 Å². The molecule has 0 fully saturated rings. The van der Waals surface area contributed by atoms with Gasteiger partial charge in [-0.25, -0.2) is 0 Å². The van der Waals surface area contributed by atoms with Crippen molar-refractivity contribution in [3.05, 3.63) is 57.5 Å². The van der Waals surface area contributed by atoms with Crippen molar-refractivity contribution in [3.63, 3.8) is 0 Å². The Kier molecular flexibility index (Phi) is 4.50. The maximum absolute atomic E-state index is 5.85. The van der Waals surface area contributed by atoms with Crippen LogP contribution in [0, 0.1) is 0 Å². The van der Waals surface area contributed by atoms with Crippen molar-refractivity contribution in [2.75, 3.05) is 12.4 Å². The van der Waals surface area contributed by atoms with Crippen LogP contribution in [-0.2, 0) is 6.54 Å². The van der Waals surface area contributed by atoms with E-state index in [4.69, 9.17) is 16.3 Å². The number of ether oxygens (including phenoxy) is 1. The van der Waals surface area contributed by atoms with Gasteiger partial charge in [-0.05, 0) is 29.8 Å². The summed E-state index contributed by atoms with van der Waals surface area (Å²) in [5.41, 5.74) is 2.19. The highest BCUT2D eigenvalue weighted by Gasteiger charge is 2.00. The fourth-order valence-corrected chi connectivity index (χ4v) is 2.19. The lowest BCUT2D eigenvalue weighted by molar-refractivity contribution is 0.414. The van der Waals surface area contributed by atoms with E-state index in [1.807, 2.05) is 42.5 Å². The highest BCUT2D eigenvalue weighted by atomic mass is 79.9. The monoisotopic (exact) mass is 325 g/mol. The minimum absolute atomic E-state index is 0.747. The van der Waals surface area contributed by atoms with Gasteiger partial charge in [-0.15, -0.1) is 0 Å². The number of hydrogen-bond acceptors (Lipinski definition) is 2. The molecule has 0 aliphatic rings. The molecule has 0 spiro atoms. The SMILES string of the molecule is COc1cc(Br)cc(NCc2ccc(Cl)cc2)c1. The smallest absolute Gasteiger partial charge is 0.122 e. The molecule has 0 amide bonds. The third kappa shape index (κ3) is 3.65. The van der Waals surface area contributed by atoms with E-state index in [1.165, 1.54) is 5.56 Å². The van der Waals surface area contributed by atoms with Crippen LogP contribution < -0.4 is 10.1 Å². The maximum Gasteiger partial charge on any atom is 0.122 e. The molecule has 0 unspecified atom stereocenters. The van der Waals surface area contributed by atoms with Crippen molar-refractivity contribution in [2.45, 2.75) is 6.54 Å². The van der Waals surface area contributed by atoms with E-state index in [1.54, 1.807) is 7.11 Å². The van der Waals surface area contributed by atoms with Crippen molar-refractivity contribution in [1.82, 2.24) is 0 Å². The van der Waals surface area contributed by atoms with Crippen LogP contribution in [0.3, 0.4) is 0 Å². The first-order chi connectivity index (χ1) is 8.67. The zero-order chi connectivity index (χ0) is 13.0. The molecular formula is C14H13BrClNO. The molecule has 2 aromatic rings. The molecule has 18 heavy (non-hydrogen) atoms. The second kappa shape index (κ2) is 6.12. The molecule has 0 bridgehead atoms. The van der Waals surface area contributed by atoms with Gasteiger partial charge in [-0.3, -0.25) is 0 Å². The second-order valence-corrected chi connectivity index (χ2v) is 5.21. The lowest BCUT2D eigenvalue weighted by Gasteiger charge is -2.09. The van der Waals surface area contributed by atoms with Crippen molar-refractivity contribution in [1.29, 1.82) is 0 Å². The summed E-state index contributed by atoms with van der Waals surface area (Å²) in [5, 5.41) is 4.10. The molecular weight excluding hydrogens is 314 g/mol. The Hall–Kier alpha value is -1.19. The van der Waals surface area contributed by atoms with E-state index in [0.717, 1.165) is 27.5 Å². The van der Waals surface area contributed by atoms with Gasteiger partial charge >= 0.3 is 0 Å². The molecule has 2 nitrogen and oxygen atoms in total. The number of rotatable bonds is 4. The quantitative estimate of drug-likeness (QED) is 0.877. The summed E-state index contributed by atoms with van der Waals surface area (Å²) in [7, 11) is 1.66. The van der Waals surface area contributed by atoms with Crippen molar-refractivity contribution >= 4 is 33.2 Å². The second-order valence-electron chi connectivity index (χ2n) is 3.86. The zero-order valence-corrected chi connectivity index (χ0v) is 12.3. The van der Waals surface area contributed by atoms with Gasteiger partial charge in [0, 0.05) is 27.8 Å². The van der Waals surface area contributed by atoms with Crippen molar-refractivity contribution < 1.29 is 4.74 Å². The third-order valence-electron chi connectivity index (χ3n) is 2.52. The van der Waals surface area contributed by atoms with Crippen LogP contribution in [0.4, 0.5) is 5.69 Å². The molecule has 0 aliphatic heterocycles. The highest BCUT2D eigenvalue weighted by molar-refractivity contribution is 9.10. The average molecular weight is 327 g/mol. The number of anilines is 1. The Bertz CT molecular complexity index is 528. The van der Waals surface area contributed by atoms with Crippen molar-refractivity contribution in [2.24, 2.45) is 0 Å². The van der Waals surface area contributed by atoms with E-state index in [2.05, 4.69) is 21.2 Å². The molecule has 0 atom stereocenters. The topological polar surface area (TPSA) is 21.3 Å². The molecule has 94 valence electrons. The Labute approximate surface area is 120 Å². The first kappa shape index (κ1) is 13.2. The lowest BCUT2D eigenvalue weighted by Crippen LogP contribution is -1.99. The molecule has 2 rings (SSSR count). The van der Waals surface area contributed by atoms with Crippen LogP contribution in [0.1, 0.15) is 5.56 Å². The highest BCUT2D eigenvalue weighted by Crippen LogP contribution is 2.24. The first-order valence-corrected chi connectivity index (χ1v) is 6.67. The molecule has 4 heteroatoms. The minimum Gasteiger partial charge on any atom is -0.497 e. The van der Waals surface area contributed by atoms with Gasteiger partial charge in [0.1, 0.15) is 5.75 Å². The Morgan fingerprint density at radius 2 is 1.89 bits per heavy atom. The molecule has 2 aromatic carbocycles. The van der Waals surface area contributed by atoms with E-state index < -0.39 is 0 Å². The number of methoxy groups -OCH3 is 1. The molecule has 0 saturated carbocycles. The van der Waals surface area contributed by atoms with E-state index in [-0.39, 0.29) is 0 Å². The number of benzene rings is 2. The summed E-state index contributed by atoms with van der Waals surface area (Å²) in [6.45, 7) is 0.747. The van der Waals surface area contributed by atoms with Gasteiger partial charge in [0.15, 0.2) is 0 Å². The fraction of sp³-hybridized carbons (Fsp3) is 0.143. The summed E-state index contributed by atoms with van der Waals surface area (Å²) >= 11 is 9.30. The van der Waals surface area contributed by atoms with Gasteiger partial charge in [-0.2, -0.15) is 0 Å². The fourth-order valence-electron chi connectivity index (χ4n) is 1.59. The Morgan fingerprint density at radius 1 is 1.17 bits per heavy atom. The van der Waals surface area contributed by atoms with Gasteiger partial charge in [0.25, 0.3) is 0 Å². The normalized spacial score (nSPS) is 10.2. The van der Waals surface area contributed by atoms with Gasteiger partial charge in [0.05, 0.1) is 7.11 Å². The Morgan fingerprint density at radius 3 is 2.56 bits per heavy atom. The first-order valence-electron chi connectivity index (χ1n) is 5.50. The number of hydrogen-bond donors (Lipinski definition) is 1. The zero-order valence-electron chi connectivity index (χ0n) is 9.91. The van der Waals surface area contributed by atoms with Gasteiger partial charge in [-0.1, -0.05) is 39.7 Å². The molecule has 0 aliphatic carbocycles. The standard InChI is InChI=1S/C14H13BrClNO/c1-18-14-7-11(15)6-13(8-14)17-9-10-2-4-12(16)5-3-10/h2-8,17H,9H2,1H3. The number of nitrogens with one attached hydrogen (secondary N) is 1. The average Bonchev–Trinajstić information content (AvgIpc) is 2.37. The van der Waals surface area contributed by atoms with Gasteiger partial charge < -0.3 is 10.1 Å². The van der Waals surface area contributed by atoms with Gasteiger partial charge in [0.2, 0.25) is 0 Å². The van der Waals surface area contributed by atoms with Crippen LogP contribution in [0.15, 0.2) is 46.9 Å². The summed E-state index contributed by atoms with van der Waals surface area (Å²) in [4.78, 5) is 0. The summed E-state index contributed by atoms with van der Waals surface area (Å²) in [5.74, 6) is 0.822. The van der Waals surface area contributed by atoms with Crippen molar-refractivity contribution in [3.8, 4) is 5.75 Å². The maximum atomic E-state index is 5.85. The van der Waals surface area contributed by atoms with E-state index in [9.17, 15) is 0 Å². The number of halogens is 2. The van der Waals surface area contributed by atoms with E-state index >= 15 is 0 Å². The van der Waals surface area contributed by atoms with Crippen LogP contribution in [0.2, 0.25) is 5.02 Å². The predicted octanol–water partition coefficient (Wildman–Crippen LogP) is 4.72. The van der Waals surface area contributed by atoms with Crippen LogP contribution in [0.25, 0.3) is 0 Å². The summed E-state index contributed by atoms with van der Waals surface area (Å²) in [6, 6.07) is 13.7. The molecule has 0 aromatic heterocycles. The van der Waals surface area contributed by atoms with Crippen LogP contribution >= 0.6 is 27.5 Å². The molecule has 1 N–H and O–H groups in total. The minimum atomic E-state index is 0.747. The third-order valence-corrected chi connectivity index (χ3v) is 3.23.